The second-order valence-electron chi connectivity index (χ2n) is 3.96. The van der Waals surface area contributed by atoms with Crippen molar-refractivity contribution in [2.24, 2.45) is 5.73 Å². The zero-order valence-corrected chi connectivity index (χ0v) is 8.73. The fourth-order valence-electron chi connectivity index (χ4n) is 1.94. The average molecular weight is 204 g/mol. The van der Waals surface area contributed by atoms with Gasteiger partial charge in [-0.2, -0.15) is 0 Å². The Hall–Kier alpha value is -1.35. The molecule has 1 atom stereocenters. The first-order chi connectivity index (χ1) is 7.27. The van der Waals surface area contributed by atoms with Crippen molar-refractivity contribution in [3.63, 3.8) is 0 Å². The molecule has 1 aliphatic heterocycles. The number of carbonyl (C=O) groups excluding carboxylic acids is 1. The number of nitrogens with two attached hydrogens (primary N) is 1. The van der Waals surface area contributed by atoms with Gasteiger partial charge in [0.05, 0.1) is 0 Å². The number of hydrogen-bond acceptors (Lipinski definition) is 2. The number of amides is 1. The molecule has 1 aliphatic rings. The van der Waals surface area contributed by atoms with E-state index < -0.39 is 0 Å². The van der Waals surface area contributed by atoms with Gasteiger partial charge in [-0.05, 0) is 12.0 Å². The van der Waals surface area contributed by atoms with Crippen LogP contribution in [-0.4, -0.2) is 23.9 Å². The highest BCUT2D eigenvalue weighted by Gasteiger charge is 2.22. The number of benzene rings is 1. The van der Waals surface area contributed by atoms with Gasteiger partial charge in [0, 0.05) is 25.6 Å². The summed E-state index contributed by atoms with van der Waals surface area (Å²) in [5, 5.41) is 0. The number of likely N-dealkylation sites (tertiary alicyclic amines) is 1. The molecule has 1 aromatic carbocycles. The van der Waals surface area contributed by atoms with E-state index in [0.29, 0.717) is 13.0 Å². The van der Waals surface area contributed by atoms with E-state index in [-0.39, 0.29) is 11.9 Å². The maximum Gasteiger partial charge on any atom is 0.222 e. The molecule has 1 saturated heterocycles. The molecule has 15 heavy (non-hydrogen) atoms. The summed E-state index contributed by atoms with van der Waals surface area (Å²) in [7, 11) is 0. The Bertz CT molecular complexity index is 337. The Labute approximate surface area is 89.9 Å². The molecule has 0 radical (unpaired) electrons. The molecule has 1 heterocycles. The summed E-state index contributed by atoms with van der Waals surface area (Å²) in [6.45, 7) is 1.50. The van der Waals surface area contributed by atoms with Gasteiger partial charge in [0.1, 0.15) is 0 Å². The van der Waals surface area contributed by atoms with Crippen LogP contribution in [0.1, 0.15) is 24.4 Å². The van der Waals surface area contributed by atoms with Crippen molar-refractivity contribution in [2.45, 2.75) is 18.9 Å². The lowest BCUT2D eigenvalue weighted by Gasteiger charge is -2.20. The topological polar surface area (TPSA) is 46.3 Å². The third-order valence-electron chi connectivity index (χ3n) is 2.82. The summed E-state index contributed by atoms with van der Waals surface area (Å²) in [4.78, 5) is 13.3. The molecule has 1 fully saturated rings. The van der Waals surface area contributed by atoms with Crippen LogP contribution in [0.2, 0.25) is 0 Å². The first-order valence-corrected chi connectivity index (χ1v) is 5.35. The minimum Gasteiger partial charge on any atom is -0.341 e. The van der Waals surface area contributed by atoms with Crippen LogP contribution in [0.15, 0.2) is 30.3 Å². The highest BCUT2D eigenvalue weighted by Crippen LogP contribution is 2.16. The SMILES string of the molecule is NC(CN1CCCC1=O)c1ccccc1. The Morgan fingerprint density at radius 1 is 1.33 bits per heavy atom. The zero-order valence-electron chi connectivity index (χ0n) is 8.73. The normalized spacial score (nSPS) is 18.2. The molecule has 1 aromatic rings. The van der Waals surface area contributed by atoms with Crippen LogP contribution < -0.4 is 5.73 Å². The van der Waals surface area contributed by atoms with Crippen molar-refractivity contribution < 1.29 is 4.79 Å². The third-order valence-corrected chi connectivity index (χ3v) is 2.82. The fourth-order valence-corrected chi connectivity index (χ4v) is 1.94. The van der Waals surface area contributed by atoms with Crippen LogP contribution in [0.5, 0.6) is 0 Å². The Morgan fingerprint density at radius 2 is 2.07 bits per heavy atom. The van der Waals surface area contributed by atoms with E-state index in [0.717, 1.165) is 18.5 Å². The van der Waals surface area contributed by atoms with Gasteiger partial charge < -0.3 is 10.6 Å². The predicted octanol–water partition coefficient (Wildman–Crippen LogP) is 1.31. The van der Waals surface area contributed by atoms with E-state index in [2.05, 4.69) is 0 Å². The van der Waals surface area contributed by atoms with E-state index in [4.69, 9.17) is 5.73 Å². The van der Waals surface area contributed by atoms with Gasteiger partial charge in [0.15, 0.2) is 0 Å². The second kappa shape index (κ2) is 4.45. The lowest BCUT2D eigenvalue weighted by atomic mass is 10.1. The first kappa shape index (κ1) is 10.2. The molecule has 0 spiro atoms. The number of rotatable bonds is 3. The molecule has 1 unspecified atom stereocenters. The van der Waals surface area contributed by atoms with Crippen LogP contribution in [0.4, 0.5) is 0 Å². The minimum atomic E-state index is -0.0618. The van der Waals surface area contributed by atoms with Gasteiger partial charge in [0.25, 0.3) is 0 Å². The minimum absolute atomic E-state index is 0.0618. The largest absolute Gasteiger partial charge is 0.341 e. The smallest absolute Gasteiger partial charge is 0.222 e. The summed E-state index contributed by atoms with van der Waals surface area (Å²) in [6, 6.07) is 9.86. The highest BCUT2D eigenvalue weighted by atomic mass is 16.2. The molecule has 2 N–H and O–H groups in total. The van der Waals surface area contributed by atoms with E-state index in [1.165, 1.54) is 0 Å². The summed E-state index contributed by atoms with van der Waals surface area (Å²) in [5.41, 5.74) is 7.14. The van der Waals surface area contributed by atoms with Crippen LogP contribution in [0.25, 0.3) is 0 Å². The van der Waals surface area contributed by atoms with Crippen molar-refractivity contribution in [2.75, 3.05) is 13.1 Å². The van der Waals surface area contributed by atoms with Crippen LogP contribution in [-0.2, 0) is 4.79 Å². The molecule has 0 aromatic heterocycles. The van der Waals surface area contributed by atoms with E-state index >= 15 is 0 Å². The highest BCUT2D eigenvalue weighted by molar-refractivity contribution is 5.78. The summed E-state index contributed by atoms with van der Waals surface area (Å²) >= 11 is 0. The average Bonchev–Trinajstić information content (AvgIpc) is 2.66. The van der Waals surface area contributed by atoms with Gasteiger partial charge in [-0.15, -0.1) is 0 Å². The van der Waals surface area contributed by atoms with Gasteiger partial charge in [-0.25, -0.2) is 0 Å². The molecular weight excluding hydrogens is 188 g/mol. The molecule has 3 nitrogen and oxygen atoms in total. The van der Waals surface area contributed by atoms with Crippen molar-refractivity contribution in [3.8, 4) is 0 Å². The summed E-state index contributed by atoms with van der Waals surface area (Å²) in [5.74, 6) is 0.237. The first-order valence-electron chi connectivity index (χ1n) is 5.35. The van der Waals surface area contributed by atoms with Crippen molar-refractivity contribution in [1.82, 2.24) is 4.90 Å². The molecule has 0 saturated carbocycles. The van der Waals surface area contributed by atoms with E-state index in [1.807, 2.05) is 35.2 Å². The maximum absolute atomic E-state index is 11.4. The van der Waals surface area contributed by atoms with Gasteiger partial charge in [-0.3, -0.25) is 4.79 Å². The maximum atomic E-state index is 11.4. The Morgan fingerprint density at radius 3 is 2.67 bits per heavy atom. The Balaban J connectivity index is 1.98. The van der Waals surface area contributed by atoms with E-state index in [1.54, 1.807) is 0 Å². The van der Waals surface area contributed by atoms with Gasteiger partial charge in [-0.1, -0.05) is 30.3 Å². The monoisotopic (exact) mass is 204 g/mol. The van der Waals surface area contributed by atoms with Crippen molar-refractivity contribution in [1.29, 1.82) is 0 Å². The molecular formula is C12H16N2O. The van der Waals surface area contributed by atoms with Crippen LogP contribution in [0.3, 0.4) is 0 Å². The molecule has 3 heteroatoms. The third kappa shape index (κ3) is 2.36. The number of carbonyl (C=O) groups is 1. The zero-order chi connectivity index (χ0) is 10.7. The molecule has 0 aliphatic carbocycles. The Kier molecular flexibility index (Phi) is 3.02. The molecule has 80 valence electrons. The molecule has 2 rings (SSSR count). The standard InChI is InChI=1S/C12H16N2O/c13-11(10-5-2-1-3-6-10)9-14-8-4-7-12(14)15/h1-3,5-6,11H,4,7-9,13H2. The summed E-state index contributed by atoms with van der Waals surface area (Å²) < 4.78 is 0. The summed E-state index contributed by atoms with van der Waals surface area (Å²) in [6.07, 6.45) is 1.65. The lowest BCUT2D eigenvalue weighted by Crippen LogP contribution is -2.32. The van der Waals surface area contributed by atoms with Gasteiger partial charge >= 0.3 is 0 Å². The number of hydrogen-bond donors (Lipinski definition) is 1. The van der Waals surface area contributed by atoms with Gasteiger partial charge in [0.2, 0.25) is 5.91 Å². The molecule has 1 amide bonds. The lowest BCUT2D eigenvalue weighted by molar-refractivity contribution is -0.127. The predicted molar refractivity (Wildman–Crippen MR) is 59.2 cm³/mol. The quantitative estimate of drug-likeness (QED) is 0.807. The van der Waals surface area contributed by atoms with Crippen LogP contribution in [0, 0.1) is 0 Å². The van der Waals surface area contributed by atoms with E-state index in [9.17, 15) is 4.79 Å². The second-order valence-corrected chi connectivity index (χ2v) is 3.96. The number of nitrogens with zero attached hydrogens (tertiary/aromatic N) is 1. The fraction of sp³-hybridized carbons (Fsp3) is 0.417. The van der Waals surface area contributed by atoms with Crippen molar-refractivity contribution >= 4 is 5.91 Å². The molecule has 0 bridgehead atoms. The van der Waals surface area contributed by atoms with Crippen LogP contribution >= 0.6 is 0 Å². The van der Waals surface area contributed by atoms with Crippen molar-refractivity contribution in [3.05, 3.63) is 35.9 Å².